The number of nitrogens with zero attached hydrogens (tertiary/aromatic N) is 1. The minimum Gasteiger partial charge on any atom is -0.294 e. The Hall–Kier alpha value is -2.81. The molecule has 0 N–H and O–H groups in total. The molecule has 0 bridgehead atoms. The Kier molecular flexibility index (Phi) is 3.56. The van der Waals surface area contributed by atoms with Crippen LogP contribution in [0, 0.1) is 0 Å². The third-order valence-electron chi connectivity index (χ3n) is 3.36. The second-order valence-corrected chi connectivity index (χ2v) is 4.76. The minimum atomic E-state index is -0.0504. The van der Waals surface area contributed by atoms with Crippen LogP contribution in [0.3, 0.4) is 0 Å². The molecule has 4 rings (SSSR count). The van der Waals surface area contributed by atoms with Crippen LogP contribution in [-0.4, -0.2) is 16.6 Å². The largest absolute Gasteiger partial charge is 0.294 e. The first kappa shape index (κ1) is 13.2. The number of pyridine rings is 1. The van der Waals surface area contributed by atoms with Gasteiger partial charge in [0.1, 0.15) is 0 Å². The lowest BCUT2D eigenvalue weighted by Gasteiger charge is -1.91. The Morgan fingerprint density at radius 1 is 0.714 bits per heavy atom. The lowest BCUT2D eigenvalue weighted by molar-refractivity contribution is 0.0923. The number of carbonyl (C=O) groups excluding carboxylic acids is 2. The number of rotatable bonds is 0. The van der Waals surface area contributed by atoms with Crippen molar-refractivity contribution in [3.05, 3.63) is 78.0 Å². The first-order valence-corrected chi connectivity index (χ1v) is 6.71. The summed E-state index contributed by atoms with van der Waals surface area (Å²) in [6.07, 6.45) is 1.86. The van der Waals surface area contributed by atoms with E-state index in [0.29, 0.717) is 11.1 Å². The van der Waals surface area contributed by atoms with Crippen LogP contribution in [0.4, 0.5) is 0 Å². The molecule has 0 fully saturated rings. The van der Waals surface area contributed by atoms with E-state index in [9.17, 15) is 9.59 Å². The van der Waals surface area contributed by atoms with E-state index in [1.807, 2.05) is 30.5 Å². The van der Waals surface area contributed by atoms with Crippen LogP contribution < -0.4 is 0 Å². The topological polar surface area (TPSA) is 47.0 Å². The highest BCUT2D eigenvalue weighted by Gasteiger charge is 2.25. The van der Waals surface area contributed by atoms with Gasteiger partial charge < -0.3 is 0 Å². The zero-order chi connectivity index (χ0) is 14.7. The van der Waals surface area contributed by atoms with E-state index in [1.54, 1.807) is 24.3 Å². The van der Waals surface area contributed by atoms with Crippen LogP contribution in [0.25, 0.3) is 10.9 Å². The molecule has 3 heteroatoms. The van der Waals surface area contributed by atoms with Crippen molar-refractivity contribution in [1.82, 2.24) is 4.98 Å². The van der Waals surface area contributed by atoms with Crippen LogP contribution in [0.5, 0.6) is 0 Å². The molecule has 3 nitrogen and oxygen atoms in total. The smallest absolute Gasteiger partial charge is 0.171 e. The fraction of sp³-hybridized carbons (Fsp3) is 0.0556. The number of Topliss-reactive ketones (excluding diaryl/α,β-unsaturated/α-hetero) is 2. The van der Waals surface area contributed by atoms with Crippen molar-refractivity contribution in [3.8, 4) is 0 Å². The van der Waals surface area contributed by atoms with Gasteiger partial charge in [0.25, 0.3) is 0 Å². The number of hydrogen-bond donors (Lipinski definition) is 0. The molecule has 102 valence electrons. The number of benzene rings is 2. The monoisotopic (exact) mass is 275 g/mol. The standard InChI is InChI=1S/C9H7N.C9H6O2/c1-2-6-9-8(4-1)5-3-7-10-9;10-8-5-9(11)7-4-2-1-3-6(7)8/h1-7H;1-4H,5H2. The molecule has 0 atom stereocenters. The normalized spacial score (nSPS) is 12.8. The molecular weight excluding hydrogens is 262 g/mol. The van der Waals surface area contributed by atoms with E-state index in [4.69, 9.17) is 0 Å². The molecule has 0 spiro atoms. The van der Waals surface area contributed by atoms with Crippen LogP contribution in [0.2, 0.25) is 0 Å². The summed E-state index contributed by atoms with van der Waals surface area (Å²) in [4.78, 5) is 26.3. The summed E-state index contributed by atoms with van der Waals surface area (Å²) in [5, 5.41) is 1.20. The maximum atomic E-state index is 11.1. The molecule has 0 aliphatic heterocycles. The summed E-state index contributed by atoms with van der Waals surface area (Å²) in [6.45, 7) is 0. The van der Waals surface area contributed by atoms with Gasteiger partial charge in [0, 0.05) is 22.7 Å². The van der Waals surface area contributed by atoms with Gasteiger partial charge in [-0.2, -0.15) is 0 Å². The first-order valence-electron chi connectivity index (χ1n) is 6.71. The van der Waals surface area contributed by atoms with Crippen molar-refractivity contribution in [2.45, 2.75) is 6.42 Å². The highest BCUT2D eigenvalue weighted by molar-refractivity contribution is 6.24. The molecule has 0 amide bonds. The Labute approximate surface area is 122 Å². The van der Waals surface area contributed by atoms with Crippen LogP contribution in [-0.2, 0) is 0 Å². The van der Waals surface area contributed by atoms with Gasteiger partial charge in [-0.15, -0.1) is 0 Å². The summed E-state index contributed by atoms with van der Waals surface area (Å²) in [7, 11) is 0. The summed E-state index contributed by atoms with van der Waals surface area (Å²) < 4.78 is 0. The van der Waals surface area contributed by atoms with E-state index in [2.05, 4.69) is 17.1 Å². The summed E-state index contributed by atoms with van der Waals surface area (Å²) in [6, 6.07) is 19.0. The van der Waals surface area contributed by atoms with E-state index in [-0.39, 0.29) is 18.0 Å². The second-order valence-electron chi connectivity index (χ2n) is 4.76. The number of hydrogen-bond acceptors (Lipinski definition) is 3. The number of fused-ring (bicyclic) bond motifs is 2. The first-order chi connectivity index (χ1) is 10.3. The highest BCUT2D eigenvalue weighted by atomic mass is 16.2. The molecule has 1 aromatic heterocycles. The fourth-order valence-electron chi connectivity index (χ4n) is 2.32. The van der Waals surface area contributed by atoms with E-state index < -0.39 is 0 Å². The zero-order valence-corrected chi connectivity index (χ0v) is 11.3. The molecule has 21 heavy (non-hydrogen) atoms. The van der Waals surface area contributed by atoms with Gasteiger partial charge in [-0.3, -0.25) is 14.6 Å². The molecule has 1 aliphatic carbocycles. The second kappa shape index (κ2) is 5.67. The van der Waals surface area contributed by atoms with Crippen molar-refractivity contribution in [3.63, 3.8) is 0 Å². The van der Waals surface area contributed by atoms with Gasteiger partial charge in [-0.25, -0.2) is 0 Å². The van der Waals surface area contributed by atoms with Crippen LogP contribution in [0.1, 0.15) is 27.1 Å². The maximum absolute atomic E-state index is 11.1. The van der Waals surface area contributed by atoms with Gasteiger partial charge in [-0.1, -0.05) is 48.5 Å². The Balaban J connectivity index is 0.000000126. The number of ketones is 2. The Bertz CT molecular complexity index is 726. The molecular formula is C18H13NO2. The number of para-hydroxylation sites is 1. The van der Waals surface area contributed by atoms with Crippen molar-refractivity contribution >= 4 is 22.5 Å². The van der Waals surface area contributed by atoms with E-state index in [1.165, 1.54) is 5.39 Å². The highest BCUT2D eigenvalue weighted by Crippen LogP contribution is 2.20. The van der Waals surface area contributed by atoms with Crippen molar-refractivity contribution < 1.29 is 9.59 Å². The molecule has 3 aromatic rings. The van der Waals surface area contributed by atoms with Crippen molar-refractivity contribution in [2.24, 2.45) is 0 Å². The predicted molar refractivity (Wildman–Crippen MR) is 81.5 cm³/mol. The van der Waals surface area contributed by atoms with Crippen molar-refractivity contribution in [2.75, 3.05) is 0 Å². The quantitative estimate of drug-likeness (QED) is 0.588. The average Bonchev–Trinajstić information content (AvgIpc) is 2.83. The van der Waals surface area contributed by atoms with Gasteiger partial charge in [0.2, 0.25) is 0 Å². The average molecular weight is 275 g/mol. The van der Waals surface area contributed by atoms with Gasteiger partial charge in [0.05, 0.1) is 11.9 Å². The zero-order valence-electron chi connectivity index (χ0n) is 11.3. The SMILES string of the molecule is O=C1CC(=O)c2ccccc21.c1ccc2ncccc2c1. The molecule has 2 aromatic carbocycles. The van der Waals surface area contributed by atoms with Crippen LogP contribution in [0.15, 0.2) is 66.9 Å². The molecule has 0 unspecified atom stereocenters. The Morgan fingerprint density at radius 3 is 1.95 bits per heavy atom. The van der Waals surface area contributed by atoms with Crippen molar-refractivity contribution in [1.29, 1.82) is 0 Å². The molecule has 1 aliphatic rings. The number of aromatic nitrogens is 1. The summed E-state index contributed by atoms with van der Waals surface area (Å²) in [5.74, 6) is -0.101. The third-order valence-corrected chi connectivity index (χ3v) is 3.36. The lowest BCUT2D eigenvalue weighted by atomic mass is 10.1. The van der Waals surface area contributed by atoms with E-state index >= 15 is 0 Å². The third kappa shape index (κ3) is 2.72. The Morgan fingerprint density at radius 2 is 1.29 bits per heavy atom. The van der Waals surface area contributed by atoms with Gasteiger partial charge >= 0.3 is 0 Å². The minimum absolute atomic E-state index is 0.0504. The van der Waals surface area contributed by atoms with Gasteiger partial charge in [0.15, 0.2) is 11.6 Å². The van der Waals surface area contributed by atoms with Crippen LogP contribution >= 0.6 is 0 Å². The fourth-order valence-corrected chi connectivity index (χ4v) is 2.32. The van der Waals surface area contributed by atoms with Gasteiger partial charge in [-0.05, 0) is 12.1 Å². The number of carbonyl (C=O) groups is 2. The predicted octanol–water partition coefficient (Wildman–Crippen LogP) is 3.69. The summed E-state index contributed by atoms with van der Waals surface area (Å²) in [5.41, 5.74) is 2.22. The maximum Gasteiger partial charge on any atom is 0.171 e. The molecule has 0 saturated carbocycles. The van der Waals surface area contributed by atoms with E-state index in [0.717, 1.165) is 5.52 Å². The summed E-state index contributed by atoms with van der Waals surface area (Å²) >= 11 is 0. The lowest BCUT2D eigenvalue weighted by Crippen LogP contribution is -1.90. The molecule has 1 heterocycles. The molecule has 0 saturated heterocycles. The molecule has 0 radical (unpaired) electrons.